The van der Waals surface area contributed by atoms with E-state index in [0.29, 0.717) is 54.4 Å². The number of aromatic nitrogens is 3. The van der Waals surface area contributed by atoms with Crippen LogP contribution in [0.2, 0.25) is 0 Å². The molecule has 8 rings (SSSR count). The Kier molecular flexibility index (Phi) is 8.17. The fourth-order valence-electron chi connectivity index (χ4n) is 7.67. The number of rotatable bonds is 9. The summed E-state index contributed by atoms with van der Waals surface area (Å²) in [4.78, 5) is 30.9. The van der Waals surface area contributed by atoms with E-state index in [4.69, 9.17) is 19.4 Å². The van der Waals surface area contributed by atoms with E-state index in [2.05, 4.69) is 71.5 Å². The van der Waals surface area contributed by atoms with Gasteiger partial charge < -0.3 is 14.8 Å². The Labute approximate surface area is 290 Å². The van der Waals surface area contributed by atoms with Crippen LogP contribution in [0.1, 0.15) is 53.5 Å². The summed E-state index contributed by atoms with van der Waals surface area (Å²) in [5.74, 6) is -0.281. The van der Waals surface area contributed by atoms with Crippen LogP contribution in [0, 0.1) is 30.1 Å². The number of fused-ring (bicyclic) bond motifs is 2. The maximum absolute atomic E-state index is 11.6. The van der Waals surface area contributed by atoms with Crippen molar-refractivity contribution in [1.29, 1.82) is 5.26 Å². The van der Waals surface area contributed by atoms with Crippen molar-refractivity contribution in [3.05, 3.63) is 113 Å². The molecule has 2 aliphatic heterocycles. The second-order valence-corrected chi connectivity index (χ2v) is 13.9. The number of nitrogens with zero attached hydrogens (tertiary/aromatic N) is 6. The SMILES string of the molecule is Cc1ccccc1C1=CC=CC(Nc2nccc3cc(CN4CCC4)cnc23)(c2nc3cc(CN4CC[C@@H](C(=O)O)C4)cc(C#N)c3o2)C1C. The lowest BCUT2D eigenvalue weighted by molar-refractivity contribution is -0.141. The summed E-state index contributed by atoms with van der Waals surface area (Å²) in [5, 5.41) is 24.5. The van der Waals surface area contributed by atoms with Gasteiger partial charge >= 0.3 is 5.97 Å². The predicted octanol–water partition coefficient (Wildman–Crippen LogP) is 6.66. The lowest BCUT2D eigenvalue weighted by Crippen LogP contribution is -2.42. The molecule has 2 fully saturated rings. The summed E-state index contributed by atoms with van der Waals surface area (Å²) in [6.45, 7) is 9.10. The molecule has 0 bridgehead atoms. The fourth-order valence-corrected chi connectivity index (χ4v) is 7.67. The number of nitrogens with one attached hydrogen (secondary N) is 1. The first kappa shape index (κ1) is 31.9. The molecule has 2 unspecified atom stereocenters. The van der Waals surface area contributed by atoms with Crippen LogP contribution in [0.4, 0.5) is 5.82 Å². The molecular weight excluding hydrogens is 626 g/mol. The quantitative estimate of drug-likeness (QED) is 0.176. The van der Waals surface area contributed by atoms with Gasteiger partial charge in [-0.1, -0.05) is 43.3 Å². The number of pyridine rings is 2. The summed E-state index contributed by atoms with van der Waals surface area (Å²) in [6.07, 6.45) is 11.9. The first-order chi connectivity index (χ1) is 24.3. The van der Waals surface area contributed by atoms with Crippen molar-refractivity contribution in [2.75, 3.05) is 31.5 Å². The molecule has 10 heteroatoms. The molecular formula is C40H39N7O3. The smallest absolute Gasteiger partial charge is 0.307 e. The zero-order valence-corrected chi connectivity index (χ0v) is 28.3. The molecule has 5 aromatic rings. The molecule has 10 nitrogen and oxygen atoms in total. The molecule has 2 N–H and O–H groups in total. The molecule has 5 heterocycles. The number of anilines is 1. The van der Waals surface area contributed by atoms with E-state index in [9.17, 15) is 15.2 Å². The van der Waals surface area contributed by atoms with Crippen LogP contribution >= 0.6 is 0 Å². The van der Waals surface area contributed by atoms with E-state index < -0.39 is 11.5 Å². The summed E-state index contributed by atoms with van der Waals surface area (Å²) in [6, 6.07) is 18.6. The number of allylic oxidation sites excluding steroid dienone is 2. The third kappa shape index (κ3) is 5.72. The minimum absolute atomic E-state index is 0.174. The molecule has 0 spiro atoms. The van der Waals surface area contributed by atoms with Gasteiger partial charge in [0.25, 0.3) is 0 Å². The molecule has 1 aliphatic carbocycles. The van der Waals surface area contributed by atoms with E-state index in [0.717, 1.165) is 52.8 Å². The van der Waals surface area contributed by atoms with Gasteiger partial charge in [0.05, 0.1) is 11.5 Å². The molecule has 252 valence electrons. The molecule has 0 amide bonds. The van der Waals surface area contributed by atoms with Crippen LogP contribution in [-0.4, -0.2) is 62.0 Å². The zero-order valence-electron chi connectivity index (χ0n) is 28.3. The van der Waals surface area contributed by atoms with E-state index in [1.165, 1.54) is 12.0 Å². The third-order valence-corrected chi connectivity index (χ3v) is 10.6. The van der Waals surface area contributed by atoms with Gasteiger partial charge in [-0.15, -0.1) is 0 Å². The van der Waals surface area contributed by atoms with Crippen LogP contribution in [-0.2, 0) is 23.4 Å². The number of hydrogen-bond donors (Lipinski definition) is 2. The number of aliphatic carboxylic acids is 1. The van der Waals surface area contributed by atoms with Crippen LogP contribution in [0.15, 0.2) is 83.6 Å². The van der Waals surface area contributed by atoms with Gasteiger partial charge in [-0.05, 0) is 97.6 Å². The van der Waals surface area contributed by atoms with Crippen molar-refractivity contribution in [3.8, 4) is 6.07 Å². The molecule has 2 saturated heterocycles. The highest BCUT2D eigenvalue weighted by Crippen LogP contribution is 2.46. The minimum Gasteiger partial charge on any atom is -0.481 e. The predicted molar refractivity (Wildman–Crippen MR) is 192 cm³/mol. The summed E-state index contributed by atoms with van der Waals surface area (Å²) in [7, 11) is 0. The highest BCUT2D eigenvalue weighted by molar-refractivity contribution is 5.89. The number of hydrogen-bond acceptors (Lipinski definition) is 9. The highest BCUT2D eigenvalue weighted by atomic mass is 16.4. The van der Waals surface area contributed by atoms with Crippen molar-refractivity contribution < 1.29 is 14.3 Å². The van der Waals surface area contributed by atoms with Crippen LogP contribution in [0.3, 0.4) is 0 Å². The molecule has 0 radical (unpaired) electrons. The number of carboxylic acids is 1. The van der Waals surface area contributed by atoms with Crippen molar-refractivity contribution in [2.45, 2.75) is 45.3 Å². The summed E-state index contributed by atoms with van der Waals surface area (Å²) in [5.41, 5.74) is 6.65. The number of carboxylic acid groups (broad SMARTS) is 1. The Morgan fingerprint density at radius 2 is 1.94 bits per heavy atom. The minimum atomic E-state index is -0.985. The van der Waals surface area contributed by atoms with Crippen LogP contribution in [0.5, 0.6) is 0 Å². The van der Waals surface area contributed by atoms with Gasteiger partial charge in [0.15, 0.2) is 11.4 Å². The molecule has 3 aromatic heterocycles. The monoisotopic (exact) mass is 665 g/mol. The second-order valence-electron chi connectivity index (χ2n) is 13.9. The van der Waals surface area contributed by atoms with Gasteiger partial charge in [0.2, 0.25) is 5.89 Å². The van der Waals surface area contributed by atoms with E-state index >= 15 is 0 Å². The van der Waals surface area contributed by atoms with Crippen molar-refractivity contribution >= 4 is 39.4 Å². The Bertz CT molecular complexity index is 2230. The van der Waals surface area contributed by atoms with Crippen molar-refractivity contribution in [1.82, 2.24) is 24.8 Å². The summed E-state index contributed by atoms with van der Waals surface area (Å²) >= 11 is 0. The lowest BCUT2D eigenvalue weighted by atomic mass is 9.73. The maximum Gasteiger partial charge on any atom is 0.307 e. The number of oxazole rings is 1. The van der Waals surface area contributed by atoms with Gasteiger partial charge in [-0.3, -0.25) is 19.6 Å². The van der Waals surface area contributed by atoms with Crippen LogP contribution in [0.25, 0.3) is 27.6 Å². The Morgan fingerprint density at radius 3 is 2.70 bits per heavy atom. The van der Waals surface area contributed by atoms with E-state index in [-0.39, 0.29) is 11.8 Å². The highest BCUT2D eigenvalue weighted by Gasteiger charge is 2.45. The fraction of sp³-hybridized carbons (Fsp3) is 0.325. The van der Waals surface area contributed by atoms with Gasteiger partial charge in [-0.2, -0.15) is 5.26 Å². The van der Waals surface area contributed by atoms with Crippen molar-refractivity contribution in [3.63, 3.8) is 0 Å². The average molecular weight is 666 g/mol. The summed E-state index contributed by atoms with van der Waals surface area (Å²) < 4.78 is 6.64. The number of likely N-dealkylation sites (tertiary alicyclic amines) is 2. The van der Waals surface area contributed by atoms with E-state index in [1.807, 2.05) is 42.7 Å². The first-order valence-corrected chi connectivity index (χ1v) is 17.3. The largest absolute Gasteiger partial charge is 0.481 e. The van der Waals surface area contributed by atoms with Crippen LogP contribution < -0.4 is 5.32 Å². The standard InChI is InChI=1S/C40H39N7O3/c1-25-7-3-4-8-32(25)33-9-5-12-40(26(33)2,45-37-35-29(10-13-42-37)18-28(21-43-35)23-46-14-6-15-46)39-44-34-19-27(17-31(20-41)36(34)50-39)22-47-16-11-30(24-47)38(48)49/h3-5,7-10,12-13,17-19,21,26,30H,6,11,14-16,22-24H2,1-2H3,(H,42,45)(H,48,49)/t26?,30-,40?/m1/s1. The Morgan fingerprint density at radius 1 is 1.10 bits per heavy atom. The molecule has 3 atom stereocenters. The molecule has 50 heavy (non-hydrogen) atoms. The van der Waals surface area contributed by atoms with E-state index in [1.54, 1.807) is 0 Å². The topological polar surface area (TPSA) is 131 Å². The molecule has 3 aliphatic rings. The molecule has 0 saturated carbocycles. The number of nitriles is 1. The first-order valence-electron chi connectivity index (χ1n) is 17.3. The third-order valence-electron chi connectivity index (χ3n) is 10.6. The van der Waals surface area contributed by atoms with Crippen molar-refractivity contribution in [2.24, 2.45) is 11.8 Å². The van der Waals surface area contributed by atoms with Gasteiger partial charge in [0.1, 0.15) is 22.6 Å². The molecule has 2 aromatic carbocycles. The average Bonchev–Trinajstić information content (AvgIpc) is 3.76. The number of aryl methyl sites for hydroxylation is 1. The Hall–Kier alpha value is -5.37. The van der Waals surface area contributed by atoms with Gasteiger partial charge in [-0.25, -0.2) is 9.97 Å². The Balaban J connectivity index is 1.22. The lowest BCUT2D eigenvalue weighted by Gasteiger charge is -2.39. The zero-order chi connectivity index (χ0) is 34.4. The maximum atomic E-state index is 11.6. The number of benzene rings is 2. The normalized spacial score (nSPS) is 22.4. The second kappa shape index (κ2) is 12.8. The van der Waals surface area contributed by atoms with Gasteiger partial charge in [0, 0.05) is 43.3 Å². The number of carbonyl (C=O) groups is 1.